The molecule has 12 nitrogen and oxygen atoms in total. The van der Waals surface area contributed by atoms with Gasteiger partial charge in [-0.15, -0.1) is 10.2 Å². The lowest BCUT2D eigenvalue weighted by molar-refractivity contribution is 0.0675. The van der Waals surface area contributed by atoms with Gasteiger partial charge in [0.15, 0.2) is 11.6 Å². The van der Waals surface area contributed by atoms with E-state index in [0.29, 0.717) is 40.2 Å². The monoisotopic (exact) mass is 539 g/mol. The standard InChI is InChI=1S/C25H29N7O5S/c1-15-9-17(14-26-11-15)25-30-29-21(32(25)22-19(35-3)7-6-8-20(22)36-4)10-18(31-38(33)34)23(37-5)24-27-12-16(2)13-28-24/h6-9,11-14,18,23,38H,10H2,1-5H3,(H,31,33,34)/t18-,23-/m0/s1. The van der Waals surface area contributed by atoms with E-state index in [9.17, 15) is 8.42 Å². The zero-order valence-electron chi connectivity index (χ0n) is 21.7. The summed E-state index contributed by atoms with van der Waals surface area (Å²) >= 11 is 0. The topological polar surface area (TPSA) is 143 Å². The molecule has 0 unspecified atom stereocenters. The summed E-state index contributed by atoms with van der Waals surface area (Å²) in [5.41, 5.74) is 3.06. The number of rotatable bonds is 11. The van der Waals surface area contributed by atoms with Crippen molar-refractivity contribution in [2.75, 3.05) is 21.3 Å². The van der Waals surface area contributed by atoms with E-state index in [1.165, 1.54) is 7.11 Å². The summed E-state index contributed by atoms with van der Waals surface area (Å²) in [6, 6.07) is 6.52. The van der Waals surface area contributed by atoms with Gasteiger partial charge in [-0.25, -0.2) is 23.1 Å². The van der Waals surface area contributed by atoms with Crippen molar-refractivity contribution in [3.05, 3.63) is 71.8 Å². The highest BCUT2D eigenvalue weighted by Gasteiger charge is 2.31. The highest BCUT2D eigenvalue weighted by atomic mass is 32.2. The van der Waals surface area contributed by atoms with Crippen LogP contribution in [0.25, 0.3) is 17.1 Å². The first-order valence-electron chi connectivity index (χ1n) is 11.7. The summed E-state index contributed by atoms with van der Waals surface area (Å²) < 4.78 is 45.1. The molecule has 0 fully saturated rings. The molecule has 38 heavy (non-hydrogen) atoms. The second-order valence-electron chi connectivity index (χ2n) is 8.51. The lowest BCUT2D eigenvalue weighted by Crippen LogP contribution is -2.38. The van der Waals surface area contributed by atoms with Crippen LogP contribution in [0.5, 0.6) is 11.5 Å². The molecule has 200 valence electrons. The Morgan fingerprint density at radius 2 is 1.63 bits per heavy atom. The van der Waals surface area contributed by atoms with Crippen LogP contribution in [-0.2, 0) is 22.0 Å². The number of ether oxygens (including phenoxy) is 3. The molecular formula is C25H29N7O5S. The molecule has 0 aliphatic heterocycles. The maximum Gasteiger partial charge on any atom is 0.201 e. The van der Waals surface area contributed by atoms with Crippen molar-refractivity contribution < 1.29 is 22.6 Å². The molecule has 0 saturated carbocycles. The number of hydrogen-bond acceptors (Lipinski definition) is 10. The summed E-state index contributed by atoms with van der Waals surface area (Å²) in [4.78, 5) is 13.0. The van der Waals surface area contributed by atoms with Crippen molar-refractivity contribution in [2.45, 2.75) is 32.4 Å². The van der Waals surface area contributed by atoms with E-state index in [-0.39, 0.29) is 6.42 Å². The van der Waals surface area contributed by atoms with E-state index < -0.39 is 23.0 Å². The lowest BCUT2D eigenvalue weighted by atomic mass is 10.1. The number of aromatic nitrogens is 6. The van der Waals surface area contributed by atoms with Gasteiger partial charge in [0.05, 0.1) is 20.3 Å². The van der Waals surface area contributed by atoms with Crippen LogP contribution < -0.4 is 14.2 Å². The number of methoxy groups -OCH3 is 3. The Kier molecular flexibility index (Phi) is 8.61. The molecule has 2 atom stereocenters. The minimum Gasteiger partial charge on any atom is -0.494 e. The molecule has 1 N–H and O–H groups in total. The molecule has 0 amide bonds. The first-order chi connectivity index (χ1) is 18.4. The summed E-state index contributed by atoms with van der Waals surface area (Å²) in [5.74, 6) is 2.25. The first-order valence-corrected chi connectivity index (χ1v) is 12.8. The van der Waals surface area contributed by atoms with Gasteiger partial charge in [0.2, 0.25) is 10.9 Å². The van der Waals surface area contributed by atoms with Gasteiger partial charge in [0.1, 0.15) is 29.1 Å². The zero-order chi connectivity index (χ0) is 27.2. The third-order valence-electron chi connectivity index (χ3n) is 5.84. The molecule has 0 radical (unpaired) electrons. The Morgan fingerprint density at radius 3 is 2.21 bits per heavy atom. The molecule has 3 aromatic heterocycles. The minimum absolute atomic E-state index is 0.0759. The van der Waals surface area contributed by atoms with E-state index in [1.807, 2.05) is 19.9 Å². The largest absolute Gasteiger partial charge is 0.494 e. The highest BCUT2D eigenvalue weighted by molar-refractivity contribution is 7.70. The van der Waals surface area contributed by atoms with E-state index in [2.05, 4.69) is 29.9 Å². The quantitative estimate of drug-likeness (QED) is 0.272. The number of aryl methyl sites for hydroxylation is 2. The van der Waals surface area contributed by atoms with Gasteiger partial charge in [-0.2, -0.15) is 0 Å². The number of nitrogens with one attached hydrogen (secondary N) is 1. The van der Waals surface area contributed by atoms with Crippen LogP contribution in [0, 0.1) is 13.8 Å². The van der Waals surface area contributed by atoms with E-state index in [1.54, 1.807) is 61.8 Å². The maximum absolute atomic E-state index is 11.9. The van der Waals surface area contributed by atoms with Gasteiger partial charge in [-0.05, 0) is 43.2 Å². The lowest BCUT2D eigenvalue weighted by Gasteiger charge is -2.24. The smallest absolute Gasteiger partial charge is 0.201 e. The average Bonchev–Trinajstić information content (AvgIpc) is 3.32. The summed E-state index contributed by atoms with van der Waals surface area (Å²) in [6.45, 7) is 3.79. The maximum atomic E-state index is 11.9. The number of benzene rings is 1. The second-order valence-corrected chi connectivity index (χ2v) is 9.28. The van der Waals surface area contributed by atoms with E-state index >= 15 is 0 Å². The Balaban J connectivity index is 1.90. The molecule has 1 aromatic carbocycles. The molecule has 0 spiro atoms. The Bertz CT molecular complexity index is 1440. The van der Waals surface area contributed by atoms with E-state index in [4.69, 9.17) is 14.2 Å². The molecule has 0 aliphatic rings. The molecule has 0 saturated heterocycles. The fraction of sp³-hybridized carbons (Fsp3) is 0.320. The molecule has 0 bridgehead atoms. The summed E-state index contributed by atoms with van der Waals surface area (Å²) in [7, 11) is 1.58. The van der Waals surface area contributed by atoms with Crippen molar-refractivity contribution in [2.24, 2.45) is 0 Å². The van der Waals surface area contributed by atoms with Crippen LogP contribution in [0.2, 0.25) is 0 Å². The van der Waals surface area contributed by atoms with Gasteiger partial charge < -0.3 is 14.2 Å². The Labute approximate surface area is 222 Å². The number of nitrogens with zero attached hydrogens (tertiary/aromatic N) is 6. The number of para-hydroxylation sites is 1. The molecule has 0 aliphatic carbocycles. The van der Waals surface area contributed by atoms with Crippen molar-refractivity contribution >= 4 is 10.9 Å². The van der Waals surface area contributed by atoms with Crippen LogP contribution in [0.3, 0.4) is 0 Å². The van der Waals surface area contributed by atoms with Crippen molar-refractivity contribution in [3.8, 4) is 28.6 Å². The third-order valence-corrected chi connectivity index (χ3v) is 6.38. The van der Waals surface area contributed by atoms with Crippen molar-refractivity contribution in [1.29, 1.82) is 0 Å². The van der Waals surface area contributed by atoms with Gasteiger partial charge in [-0.3, -0.25) is 9.55 Å². The SMILES string of the molecule is COc1cccc(OC)c1-n1c(C[C@H](N[SH](=O)=O)[C@H](OC)c2ncc(C)cn2)nnc1-c1cncc(C)c1. The number of hydrogen-bond donors (Lipinski definition) is 2. The predicted molar refractivity (Wildman–Crippen MR) is 140 cm³/mol. The van der Waals surface area contributed by atoms with Crippen LogP contribution >= 0.6 is 0 Å². The number of pyridine rings is 1. The molecular weight excluding hydrogens is 510 g/mol. The first kappa shape index (κ1) is 27.1. The molecule has 4 aromatic rings. The normalized spacial score (nSPS) is 12.9. The Hall–Kier alpha value is -3.94. The zero-order valence-corrected chi connectivity index (χ0v) is 22.5. The van der Waals surface area contributed by atoms with Crippen molar-refractivity contribution in [1.82, 2.24) is 34.4 Å². The predicted octanol–water partition coefficient (Wildman–Crippen LogP) is 2.17. The fourth-order valence-electron chi connectivity index (χ4n) is 4.15. The molecule has 13 heteroatoms. The van der Waals surface area contributed by atoms with Gasteiger partial charge in [0, 0.05) is 43.9 Å². The van der Waals surface area contributed by atoms with Gasteiger partial charge in [-0.1, -0.05) is 6.07 Å². The van der Waals surface area contributed by atoms with E-state index in [0.717, 1.165) is 11.1 Å². The van der Waals surface area contributed by atoms with Crippen LogP contribution in [0.4, 0.5) is 0 Å². The van der Waals surface area contributed by atoms with Crippen LogP contribution in [0.1, 0.15) is 28.9 Å². The van der Waals surface area contributed by atoms with Gasteiger partial charge >= 0.3 is 0 Å². The molecule has 3 heterocycles. The minimum atomic E-state index is -3.00. The average molecular weight is 540 g/mol. The second kappa shape index (κ2) is 12.1. The van der Waals surface area contributed by atoms with Crippen molar-refractivity contribution in [3.63, 3.8) is 0 Å². The Morgan fingerprint density at radius 1 is 0.947 bits per heavy atom. The summed E-state index contributed by atoms with van der Waals surface area (Å²) in [6.07, 6.45) is 5.98. The van der Waals surface area contributed by atoms with Crippen LogP contribution in [0.15, 0.2) is 49.1 Å². The highest BCUT2D eigenvalue weighted by Crippen LogP contribution is 2.37. The van der Waals surface area contributed by atoms with Crippen LogP contribution in [-0.4, -0.2) is 65.5 Å². The third kappa shape index (κ3) is 5.79. The summed E-state index contributed by atoms with van der Waals surface area (Å²) in [5, 5.41) is 8.93. The fourth-order valence-corrected chi connectivity index (χ4v) is 4.65. The van der Waals surface area contributed by atoms with Gasteiger partial charge in [0.25, 0.3) is 0 Å². The number of thiol groups is 1. The molecule has 4 rings (SSSR count).